The normalized spacial score (nSPS) is 13.4. The van der Waals surface area contributed by atoms with E-state index in [4.69, 9.17) is 45.3 Å². The number of aromatic nitrogens is 6. The van der Waals surface area contributed by atoms with Crippen LogP contribution < -0.4 is 40.9 Å². The summed E-state index contributed by atoms with van der Waals surface area (Å²) >= 11 is 13.2. The number of amides is 5. The molecule has 3 aliphatic heterocycles. The van der Waals surface area contributed by atoms with Crippen molar-refractivity contribution in [3.63, 3.8) is 0 Å². The van der Waals surface area contributed by atoms with Gasteiger partial charge in [0.25, 0.3) is 0 Å². The van der Waals surface area contributed by atoms with Gasteiger partial charge in [-0.05, 0) is 93.1 Å². The molecule has 0 atom stereocenters. The third kappa shape index (κ3) is 28.0. The molecule has 0 radical (unpaired) electrons. The average Bonchev–Trinajstić information content (AvgIpc) is 0.867. The van der Waals surface area contributed by atoms with Gasteiger partial charge < -0.3 is 64.8 Å². The van der Waals surface area contributed by atoms with Crippen LogP contribution in [0.5, 0.6) is 17.2 Å². The molecule has 8 aromatic rings. The summed E-state index contributed by atoms with van der Waals surface area (Å²) in [7, 11) is 3.25. The first kappa shape index (κ1) is 82.4. The average molecular weight is 1750 g/mol. The molecule has 0 bridgehead atoms. The number of benzene rings is 5. The monoisotopic (exact) mass is 1750 g/mol. The number of hydrogen-bond acceptors (Lipinski definition) is 19. The standard InChI is InChI=1S/C25H26N4O4.C18H19ClN4O3.C17H20N4O2.C7H9BO3.2CH4.3HI.V/c1-32-22-10-6-5-9-20(22)21-15-23(27-17-26-21)28-24(30)19-11-13-29(14-12-19)25(31)33-16-18-7-3-2-4-8-18;19-15-10-16(21-12-20-15)22-17(24)14-6-8-23(9-7-14)18(25)26-11-13-4-2-1-3-5-13;1-23-15-5-3-2-4-13(15)14-10-16(20-11-19-14)21-17(22)12-6-8-18-9-7-12;1-11-7-5-3-2-4-6(7)8(9)10;;;;;;/h2-10,15,17,19H,11-14,16H2,1H3,(H,26,27,28,30);1-5,10,12,14H,6-9,11H2,(H,20,21,22,24);2-5,10-12,18H,6-9H2,1H3,(H,19,20,21,22);2-5,9-10H,1H3;2*1H4;3*1H;/q;;;;;;;;;+3/p-3. The first-order chi connectivity index (χ1) is 47.0. The van der Waals surface area contributed by atoms with E-state index in [1.165, 1.54) is 32.2 Å². The predicted molar refractivity (Wildman–Crippen MR) is 407 cm³/mol. The summed E-state index contributed by atoms with van der Waals surface area (Å²) in [5.41, 5.74) is 5.34. The maximum atomic E-state index is 12.8. The van der Waals surface area contributed by atoms with Gasteiger partial charge in [0.2, 0.25) is 17.7 Å². The number of nitrogens with one attached hydrogen (secondary N) is 4. The molecule has 3 fully saturated rings. The van der Waals surface area contributed by atoms with Crippen molar-refractivity contribution in [3.8, 4) is 39.8 Å². The van der Waals surface area contributed by atoms with E-state index in [0.29, 0.717) is 92.0 Å². The minimum absolute atomic E-state index is 0. The van der Waals surface area contributed by atoms with Crippen LogP contribution in [0.3, 0.4) is 0 Å². The minimum atomic E-state index is -1.47. The maximum absolute atomic E-state index is 12.8. The summed E-state index contributed by atoms with van der Waals surface area (Å²) in [6.07, 6.45) is 7.47. The summed E-state index contributed by atoms with van der Waals surface area (Å²) in [5, 5.41) is 29.7. The molecule has 3 aliphatic rings. The van der Waals surface area contributed by atoms with Crippen LogP contribution in [0.4, 0.5) is 27.0 Å². The molecule has 6 N–H and O–H groups in total. The molecule has 3 aromatic heterocycles. The Morgan fingerprint density at radius 3 is 1.22 bits per heavy atom. The van der Waals surface area contributed by atoms with Crippen molar-refractivity contribution < 1.29 is 62.6 Å². The van der Waals surface area contributed by atoms with Gasteiger partial charge in [-0.15, -0.1) is 0 Å². The van der Waals surface area contributed by atoms with Crippen LogP contribution in [-0.2, 0) is 42.0 Å². The molecule has 5 amide bonds. The quantitative estimate of drug-likeness (QED) is 0.0297. The van der Waals surface area contributed by atoms with Gasteiger partial charge in [-0.3, -0.25) is 14.4 Å². The molecule has 99 heavy (non-hydrogen) atoms. The van der Waals surface area contributed by atoms with Crippen molar-refractivity contribution in [3.05, 3.63) is 187 Å². The van der Waals surface area contributed by atoms with Crippen LogP contribution in [0.25, 0.3) is 22.5 Å². The zero-order chi connectivity index (χ0) is 69.3. The Hall–Kier alpha value is -7.30. The van der Waals surface area contributed by atoms with E-state index >= 15 is 0 Å². The van der Waals surface area contributed by atoms with Crippen LogP contribution in [0, 0.1) is 17.8 Å². The Kier molecular flexibility index (Phi) is 37.2. The predicted octanol–water partition coefficient (Wildman–Crippen LogP) is 12.6. The van der Waals surface area contributed by atoms with Gasteiger partial charge >= 0.3 is 84.2 Å². The summed E-state index contributed by atoms with van der Waals surface area (Å²) in [4.78, 5) is 89.6. The van der Waals surface area contributed by atoms with Gasteiger partial charge in [0.15, 0.2) is 0 Å². The van der Waals surface area contributed by atoms with Gasteiger partial charge in [-0.25, -0.2) is 39.5 Å². The van der Waals surface area contributed by atoms with Crippen molar-refractivity contribution >= 4 is 131 Å². The molecule has 5 aromatic carbocycles. The van der Waals surface area contributed by atoms with Gasteiger partial charge in [0, 0.05) is 78.7 Å². The molecule has 0 unspecified atom stereocenters. The fourth-order valence-electron chi connectivity index (χ4n) is 10.2. The number of anilines is 3. The molecule has 0 spiro atoms. The second-order valence-corrected chi connectivity index (χ2v) is 57.4. The van der Waals surface area contributed by atoms with E-state index in [9.17, 15) is 24.0 Å². The molecule has 0 aliphatic carbocycles. The number of carbonyl (C=O) groups is 5. The number of piperidine rings is 3. The fraction of sp³-hybridized carbons (Fsp3) is 0.319. The zero-order valence-corrected chi connectivity index (χ0v) is 62.0. The van der Waals surface area contributed by atoms with Crippen LogP contribution >= 0.6 is 71.5 Å². The Balaban J connectivity index is 0.000000243. The zero-order valence-electron chi connectivity index (χ0n) is 53.4. The van der Waals surface area contributed by atoms with Gasteiger partial charge in [0.05, 0.1) is 32.7 Å². The van der Waals surface area contributed by atoms with Gasteiger partial charge in [-0.2, -0.15) is 0 Å². The van der Waals surface area contributed by atoms with E-state index < -0.39 is 7.12 Å². The molecule has 526 valence electrons. The Labute approximate surface area is 621 Å². The Morgan fingerprint density at radius 1 is 0.505 bits per heavy atom. The van der Waals surface area contributed by atoms with E-state index in [2.05, 4.69) is 111 Å². The molecule has 0 saturated carbocycles. The van der Waals surface area contributed by atoms with Crippen molar-refractivity contribution in [1.82, 2.24) is 45.0 Å². The Morgan fingerprint density at radius 2 is 0.848 bits per heavy atom. The number of halogens is 4. The number of hydrogen-bond donors (Lipinski definition) is 6. The van der Waals surface area contributed by atoms with Crippen molar-refractivity contribution in [1.29, 1.82) is 0 Å². The van der Waals surface area contributed by atoms with Gasteiger partial charge in [0.1, 0.15) is 72.1 Å². The number of likely N-dealkylation sites (tertiary alicyclic amines) is 2. The Bertz CT molecular complexity index is 3770. The molecule has 11 rings (SSSR count). The first-order valence-electron chi connectivity index (χ1n) is 30.7. The van der Waals surface area contributed by atoms with Gasteiger partial charge in [-0.1, -0.05) is 130 Å². The summed E-state index contributed by atoms with van der Waals surface area (Å²) in [6.45, 7) is 4.16. The third-order valence-electron chi connectivity index (χ3n) is 15.3. The molecular weight excluding hydrogens is 1670 g/mol. The number of para-hydroxylation sites is 3. The van der Waals surface area contributed by atoms with Crippen molar-refractivity contribution in [2.24, 2.45) is 17.8 Å². The van der Waals surface area contributed by atoms with Crippen molar-refractivity contribution in [2.45, 2.75) is 66.6 Å². The van der Waals surface area contributed by atoms with E-state index in [-0.39, 0.29) is 85.8 Å². The van der Waals surface area contributed by atoms with E-state index in [0.717, 1.165) is 59.6 Å². The fourth-order valence-corrected chi connectivity index (χ4v) is 10.3. The topological polar surface area (TPSA) is 304 Å². The SMILES string of the molecule is C.C.COc1ccccc1-c1cc(NC(=O)C2CCN(C(=O)OCc3ccccc3)CC2)ncn1.COc1ccccc1-c1cc(NC(=O)C2CCNCC2)ncn1.COc1ccccc1B(O)O.O=C(Nc1cc(Cl)ncn1)C1CCN(C(=O)OCc2ccccc2)CC1.[I][V]([I])[I]. The van der Waals surface area contributed by atoms with Crippen LogP contribution in [-0.4, -0.2) is 147 Å². The van der Waals surface area contributed by atoms with Crippen LogP contribution in [0.2, 0.25) is 5.15 Å². The van der Waals surface area contributed by atoms with E-state index in [1.54, 1.807) is 60.4 Å². The molecule has 6 heterocycles. The molecule has 30 heteroatoms. The number of rotatable bonds is 16. The molecule has 24 nitrogen and oxygen atoms in total. The number of ether oxygens (including phenoxy) is 5. The van der Waals surface area contributed by atoms with Crippen molar-refractivity contribution in [2.75, 3.05) is 76.5 Å². The summed E-state index contributed by atoms with van der Waals surface area (Å²) < 4.78 is 26.4. The first-order valence-corrected chi connectivity index (χ1v) is 44.6. The number of methoxy groups -OCH3 is 3. The second kappa shape index (κ2) is 44.8. The molecule has 3 saturated heterocycles. The second-order valence-electron chi connectivity index (χ2n) is 21.6. The van der Waals surface area contributed by atoms with Crippen LogP contribution in [0.1, 0.15) is 64.5 Å². The van der Waals surface area contributed by atoms with Crippen LogP contribution in [0.15, 0.2) is 171 Å². The van der Waals surface area contributed by atoms with E-state index in [1.807, 2.05) is 109 Å². The summed E-state index contributed by atoms with van der Waals surface area (Å²) in [5.74, 6) is 2.69. The number of carbonyl (C=O) groups excluding carboxylic acids is 5. The molecular formula is C69H82BClI3N12O12V. The summed E-state index contributed by atoms with van der Waals surface area (Å²) in [6, 6.07) is 46.0. The number of nitrogens with zero attached hydrogens (tertiary/aromatic N) is 8. The third-order valence-corrected chi connectivity index (χ3v) is 15.5.